The van der Waals surface area contributed by atoms with Crippen LogP contribution in [0.5, 0.6) is 17.2 Å². The second-order valence-electron chi connectivity index (χ2n) is 6.10. The number of aromatic nitrogens is 1. The molecule has 1 aromatic heterocycles. The lowest BCUT2D eigenvalue weighted by Crippen LogP contribution is -2.16. The van der Waals surface area contributed by atoms with Crippen molar-refractivity contribution in [1.82, 2.24) is 4.98 Å². The highest BCUT2D eigenvalue weighted by atomic mass is 19.4. The zero-order valence-electron chi connectivity index (χ0n) is 15.3. The van der Waals surface area contributed by atoms with Gasteiger partial charge in [-0.05, 0) is 35.9 Å². The molecule has 1 heterocycles. The fraction of sp³-hybridized carbons (Fsp3) is 0.100. The number of hydrogen-bond acceptors (Lipinski definition) is 4. The van der Waals surface area contributed by atoms with E-state index in [4.69, 9.17) is 15.2 Å². The number of carbonyl (C=O) groups is 1. The number of aromatic amines is 1. The van der Waals surface area contributed by atoms with E-state index in [0.29, 0.717) is 6.07 Å². The number of amides is 1. The van der Waals surface area contributed by atoms with E-state index < -0.39 is 34.6 Å². The lowest BCUT2D eigenvalue weighted by atomic mass is 9.98. The van der Waals surface area contributed by atoms with Crippen LogP contribution in [0.2, 0.25) is 0 Å². The second-order valence-corrected chi connectivity index (χ2v) is 6.10. The minimum Gasteiger partial charge on any atom is -0.493 e. The SMILES string of the molecule is COc1cc(F)ccc1Oc1c(C(N)=O)cc(C(F)(F)F)cc1-c1cc[nH]c(=O)c1. The zero-order valence-corrected chi connectivity index (χ0v) is 15.3. The molecule has 2 aromatic carbocycles. The van der Waals surface area contributed by atoms with Crippen molar-refractivity contribution in [2.24, 2.45) is 5.73 Å². The van der Waals surface area contributed by atoms with Gasteiger partial charge in [0.2, 0.25) is 5.56 Å². The number of halogens is 4. The number of primary amides is 1. The Balaban J connectivity index is 2.32. The van der Waals surface area contributed by atoms with Gasteiger partial charge in [-0.1, -0.05) is 0 Å². The Morgan fingerprint density at radius 2 is 1.80 bits per heavy atom. The lowest BCUT2D eigenvalue weighted by molar-refractivity contribution is -0.137. The normalized spacial score (nSPS) is 11.2. The Hall–Kier alpha value is -3.82. The van der Waals surface area contributed by atoms with Gasteiger partial charge in [-0.3, -0.25) is 9.59 Å². The third-order valence-corrected chi connectivity index (χ3v) is 4.11. The molecule has 0 aliphatic carbocycles. The number of ether oxygens (including phenoxy) is 2. The molecule has 0 aliphatic heterocycles. The summed E-state index contributed by atoms with van der Waals surface area (Å²) >= 11 is 0. The first kappa shape index (κ1) is 20.9. The standard InChI is InChI=1S/C20H14F4N2O4/c1-29-16-9-12(21)2-3-15(16)30-18-13(10-4-5-26-17(27)6-10)7-11(20(22,23)24)8-14(18)19(25)28/h2-9H,1H3,(H2,25,28)(H,26,27). The highest BCUT2D eigenvalue weighted by molar-refractivity contribution is 5.99. The molecule has 3 aromatic rings. The monoisotopic (exact) mass is 422 g/mol. The van der Waals surface area contributed by atoms with Gasteiger partial charge in [0.05, 0.1) is 18.2 Å². The van der Waals surface area contributed by atoms with Crippen molar-refractivity contribution in [3.8, 4) is 28.4 Å². The summed E-state index contributed by atoms with van der Waals surface area (Å²) in [6, 6.07) is 6.86. The first-order valence-electron chi connectivity index (χ1n) is 8.35. The summed E-state index contributed by atoms with van der Waals surface area (Å²) < 4.78 is 64.4. The second kappa shape index (κ2) is 7.90. The molecular weight excluding hydrogens is 408 g/mol. The van der Waals surface area contributed by atoms with Gasteiger partial charge in [-0.15, -0.1) is 0 Å². The topological polar surface area (TPSA) is 94.4 Å². The number of alkyl halides is 3. The summed E-state index contributed by atoms with van der Waals surface area (Å²) in [5.41, 5.74) is 2.81. The van der Waals surface area contributed by atoms with E-state index in [1.54, 1.807) is 0 Å². The molecule has 6 nitrogen and oxygen atoms in total. The van der Waals surface area contributed by atoms with Crippen molar-refractivity contribution in [3.05, 3.63) is 76.0 Å². The maximum absolute atomic E-state index is 13.5. The van der Waals surface area contributed by atoms with Crippen molar-refractivity contribution in [1.29, 1.82) is 0 Å². The predicted octanol–water partition coefficient (Wildman–Crippen LogP) is 4.10. The van der Waals surface area contributed by atoms with Crippen LogP contribution in [-0.2, 0) is 6.18 Å². The molecule has 0 fully saturated rings. The van der Waals surface area contributed by atoms with Crippen molar-refractivity contribution in [2.45, 2.75) is 6.18 Å². The number of carbonyl (C=O) groups excluding carboxylic acids is 1. The number of pyridine rings is 1. The first-order valence-corrected chi connectivity index (χ1v) is 8.35. The Bertz CT molecular complexity index is 1170. The highest BCUT2D eigenvalue weighted by Crippen LogP contribution is 2.43. The molecule has 0 aliphatic rings. The molecule has 0 spiro atoms. The van der Waals surface area contributed by atoms with Crippen LogP contribution in [-0.4, -0.2) is 18.0 Å². The average molecular weight is 422 g/mol. The smallest absolute Gasteiger partial charge is 0.416 e. The van der Waals surface area contributed by atoms with Gasteiger partial charge in [0, 0.05) is 23.9 Å². The maximum atomic E-state index is 13.5. The number of nitrogens with one attached hydrogen (secondary N) is 1. The van der Waals surface area contributed by atoms with Crippen molar-refractivity contribution < 1.29 is 31.8 Å². The number of methoxy groups -OCH3 is 1. The first-order chi connectivity index (χ1) is 14.1. The third kappa shape index (κ3) is 4.27. The van der Waals surface area contributed by atoms with Crippen LogP contribution >= 0.6 is 0 Å². The van der Waals surface area contributed by atoms with Crippen LogP contribution in [0.15, 0.2) is 53.5 Å². The molecular formula is C20H14F4N2O4. The number of hydrogen-bond donors (Lipinski definition) is 2. The Labute approximate surface area is 166 Å². The molecule has 0 saturated heterocycles. The summed E-state index contributed by atoms with van der Waals surface area (Å²) in [6.07, 6.45) is -3.57. The largest absolute Gasteiger partial charge is 0.493 e. The summed E-state index contributed by atoms with van der Waals surface area (Å²) in [7, 11) is 1.24. The van der Waals surface area contributed by atoms with Crippen LogP contribution in [0.4, 0.5) is 17.6 Å². The van der Waals surface area contributed by atoms with Crippen LogP contribution < -0.4 is 20.8 Å². The van der Waals surface area contributed by atoms with Gasteiger partial charge in [0.15, 0.2) is 11.5 Å². The molecule has 0 radical (unpaired) electrons. The van der Waals surface area contributed by atoms with Crippen molar-refractivity contribution >= 4 is 5.91 Å². The van der Waals surface area contributed by atoms with E-state index in [1.165, 1.54) is 25.4 Å². The van der Waals surface area contributed by atoms with Crippen LogP contribution in [0.3, 0.4) is 0 Å². The highest BCUT2D eigenvalue weighted by Gasteiger charge is 2.34. The number of nitrogens with two attached hydrogens (primary N) is 1. The third-order valence-electron chi connectivity index (χ3n) is 4.11. The van der Waals surface area contributed by atoms with Gasteiger partial charge in [-0.2, -0.15) is 13.2 Å². The van der Waals surface area contributed by atoms with E-state index in [9.17, 15) is 27.2 Å². The fourth-order valence-corrected chi connectivity index (χ4v) is 2.75. The summed E-state index contributed by atoms with van der Waals surface area (Å²) in [5.74, 6) is -2.32. The number of rotatable bonds is 5. The van der Waals surface area contributed by atoms with Crippen LogP contribution in [0, 0.1) is 5.82 Å². The molecule has 156 valence electrons. The van der Waals surface area contributed by atoms with Crippen LogP contribution in [0.1, 0.15) is 15.9 Å². The molecule has 0 atom stereocenters. The molecule has 0 bridgehead atoms. The minimum absolute atomic E-state index is 0.0448. The quantitative estimate of drug-likeness (QED) is 0.606. The summed E-state index contributed by atoms with van der Waals surface area (Å²) in [4.78, 5) is 26.0. The van der Waals surface area contributed by atoms with Gasteiger partial charge in [-0.25, -0.2) is 4.39 Å². The van der Waals surface area contributed by atoms with Crippen molar-refractivity contribution in [2.75, 3.05) is 7.11 Å². The van der Waals surface area contributed by atoms with Gasteiger partial charge in [0.1, 0.15) is 11.6 Å². The Morgan fingerprint density at radius 1 is 1.07 bits per heavy atom. The Kier molecular flexibility index (Phi) is 5.50. The van der Waals surface area contributed by atoms with Crippen LogP contribution in [0.25, 0.3) is 11.1 Å². The summed E-state index contributed by atoms with van der Waals surface area (Å²) in [6.45, 7) is 0. The minimum atomic E-state index is -4.80. The molecule has 30 heavy (non-hydrogen) atoms. The molecule has 3 N–H and O–H groups in total. The molecule has 0 unspecified atom stereocenters. The number of H-pyrrole nitrogens is 1. The van der Waals surface area contributed by atoms with E-state index in [-0.39, 0.29) is 28.4 Å². The molecule has 3 rings (SSSR count). The van der Waals surface area contributed by atoms with Gasteiger partial charge >= 0.3 is 6.18 Å². The summed E-state index contributed by atoms with van der Waals surface area (Å²) in [5, 5.41) is 0. The van der Waals surface area contributed by atoms with E-state index >= 15 is 0 Å². The maximum Gasteiger partial charge on any atom is 0.416 e. The molecule has 10 heteroatoms. The fourth-order valence-electron chi connectivity index (χ4n) is 2.75. The number of benzene rings is 2. The van der Waals surface area contributed by atoms with Crippen molar-refractivity contribution in [3.63, 3.8) is 0 Å². The van der Waals surface area contributed by atoms with E-state index in [1.807, 2.05) is 0 Å². The Morgan fingerprint density at radius 3 is 2.40 bits per heavy atom. The van der Waals surface area contributed by atoms with E-state index in [0.717, 1.165) is 24.3 Å². The molecule has 0 saturated carbocycles. The zero-order chi connectivity index (χ0) is 22.1. The van der Waals surface area contributed by atoms with Gasteiger partial charge < -0.3 is 20.2 Å². The van der Waals surface area contributed by atoms with E-state index in [2.05, 4.69) is 4.98 Å². The lowest BCUT2D eigenvalue weighted by Gasteiger charge is -2.18. The average Bonchev–Trinajstić information content (AvgIpc) is 2.68. The predicted molar refractivity (Wildman–Crippen MR) is 99.0 cm³/mol. The molecule has 1 amide bonds. The van der Waals surface area contributed by atoms with Gasteiger partial charge in [0.25, 0.3) is 5.91 Å².